The second-order valence-corrected chi connectivity index (χ2v) is 5.02. The predicted molar refractivity (Wildman–Crippen MR) is 70.8 cm³/mol. The molecule has 1 aromatic rings. The highest BCUT2D eigenvalue weighted by Crippen LogP contribution is 2.28. The summed E-state index contributed by atoms with van der Waals surface area (Å²) in [6, 6.07) is 4.05. The molecular formula is C11H13BrN2O5. The molecule has 0 aliphatic carbocycles. The molecular weight excluding hydrogens is 320 g/mol. The van der Waals surface area contributed by atoms with Gasteiger partial charge in [-0.2, -0.15) is 0 Å². The van der Waals surface area contributed by atoms with Gasteiger partial charge in [0.05, 0.1) is 29.2 Å². The Kier molecular flexibility index (Phi) is 4.98. The van der Waals surface area contributed by atoms with Crippen LogP contribution in [0.15, 0.2) is 22.7 Å². The number of carbonyl (C=O) groups excluding carboxylic acids is 1. The van der Waals surface area contributed by atoms with Crippen LogP contribution in [-0.4, -0.2) is 39.8 Å². The fourth-order valence-corrected chi connectivity index (χ4v) is 1.90. The Morgan fingerprint density at radius 2 is 2.05 bits per heavy atom. The van der Waals surface area contributed by atoms with Gasteiger partial charge in [0.15, 0.2) is 0 Å². The minimum atomic E-state index is -1.19. The van der Waals surface area contributed by atoms with Gasteiger partial charge in [0, 0.05) is 6.07 Å². The first-order chi connectivity index (χ1) is 8.84. The van der Waals surface area contributed by atoms with Crippen molar-refractivity contribution in [2.24, 2.45) is 0 Å². The van der Waals surface area contributed by atoms with E-state index in [1.807, 2.05) is 0 Å². The van der Waals surface area contributed by atoms with Gasteiger partial charge >= 0.3 is 0 Å². The van der Waals surface area contributed by atoms with E-state index in [1.165, 1.54) is 25.1 Å². The van der Waals surface area contributed by atoms with Crippen molar-refractivity contribution in [1.82, 2.24) is 5.32 Å². The summed E-state index contributed by atoms with van der Waals surface area (Å²) in [5.41, 5.74) is -1.37. The summed E-state index contributed by atoms with van der Waals surface area (Å²) in [5, 5.41) is 31.4. The van der Waals surface area contributed by atoms with E-state index in [9.17, 15) is 14.9 Å². The number of aliphatic hydroxyl groups is 2. The van der Waals surface area contributed by atoms with Crippen molar-refractivity contribution in [3.8, 4) is 0 Å². The quantitative estimate of drug-likeness (QED) is 0.546. The molecule has 1 rings (SSSR count). The summed E-state index contributed by atoms with van der Waals surface area (Å²) in [5.74, 6) is -0.624. The van der Waals surface area contributed by atoms with Crippen molar-refractivity contribution in [2.45, 2.75) is 12.5 Å². The van der Waals surface area contributed by atoms with Crippen LogP contribution in [0.5, 0.6) is 0 Å². The van der Waals surface area contributed by atoms with Gasteiger partial charge in [-0.3, -0.25) is 14.9 Å². The molecule has 104 valence electrons. The summed E-state index contributed by atoms with van der Waals surface area (Å²) in [7, 11) is 0. The molecule has 0 aliphatic heterocycles. The molecule has 1 amide bonds. The van der Waals surface area contributed by atoms with E-state index in [4.69, 9.17) is 10.2 Å². The average molecular weight is 333 g/mol. The zero-order valence-corrected chi connectivity index (χ0v) is 11.7. The first-order valence-electron chi connectivity index (χ1n) is 5.32. The molecule has 0 fully saturated rings. The molecule has 0 saturated heterocycles. The van der Waals surface area contributed by atoms with Crippen LogP contribution in [0.2, 0.25) is 0 Å². The number of benzene rings is 1. The summed E-state index contributed by atoms with van der Waals surface area (Å²) in [6.45, 7) is 0.541. The van der Waals surface area contributed by atoms with E-state index < -0.39 is 29.6 Å². The molecule has 3 N–H and O–H groups in total. The maximum atomic E-state index is 12.0. The van der Waals surface area contributed by atoms with Gasteiger partial charge in [0.25, 0.3) is 11.6 Å². The van der Waals surface area contributed by atoms with Gasteiger partial charge < -0.3 is 15.5 Å². The normalized spacial score (nSPS) is 11.2. The van der Waals surface area contributed by atoms with Crippen LogP contribution in [0.1, 0.15) is 17.3 Å². The van der Waals surface area contributed by atoms with Crippen LogP contribution >= 0.6 is 15.9 Å². The summed E-state index contributed by atoms with van der Waals surface area (Å²) in [4.78, 5) is 22.1. The number of amides is 1. The third kappa shape index (κ3) is 3.49. The zero-order chi connectivity index (χ0) is 14.6. The van der Waals surface area contributed by atoms with Gasteiger partial charge in [0.1, 0.15) is 4.47 Å². The predicted octanol–water partition coefficient (Wildman–Crippen LogP) is 0.830. The van der Waals surface area contributed by atoms with E-state index in [-0.39, 0.29) is 15.7 Å². The van der Waals surface area contributed by atoms with Gasteiger partial charge in [-0.1, -0.05) is 6.07 Å². The van der Waals surface area contributed by atoms with E-state index in [0.717, 1.165) is 0 Å². The standard InChI is InChI=1S/C11H13BrN2O5/c1-11(5-15,6-16)13-10(17)7-3-2-4-8(9(7)12)14(18)19/h2-4,15-16H,5-6H2,1H3,(H,13,17). The van der Waals surface area contributed by atoms with Crippen molar-refractivity contribution in [3.05, 3.63) is 38.3 Å². The molecule has 0 aliphatic rings. The second kappa shape index (κ2) is 6.09. The van der Waals surface area contributed by atoms with E-state index in [0.29, 0.717) is 0 Å². The van der Waals surface area contributed by atoms with Gasteiger partial charge in [-0.05, 0) is 28.9 Å². The molecule has 0 spiro atoms. The molecule has 1 aromatic carbocycles. The highest BCUT2D eigenvalue weighted by atomic mass is 79.9. The number of aliphatic hydroxyl groups excluding tert-OH is 2. The first kappa shape index (κ1) is 15.5. The number of carbonyl (C=O) groups is 1. The molecule has 0 saturated carbocycles. The highest BCUT2D eigenvalue weighted by molar-refractivity contribution is 9.10. The summed E-state index contributed by atoms with van der Waals surface area (Å²) >= 11 is 3.01. The third-order valence-electron chi connectivity index (χ3n) is 2.53. The number of hydrogen-bond donors (Lipinski definition) is 3. The zero-order valence-electron chi connectivity index (χ0n) is 10.1. The summed E-state index contributed by atoms with van der Waals surface area (Å²) in [6.07, 6.45) is 0. The smallest absolute Gasteiger partial charge is 0.284 e. The van der Waals surface area contributed by atoms with Crippen molar-refractivity contribution >= 4 is 27.5 Å². The third-order valence-corrected chi connectivity index (χ3v) is 3.37. The average Bonchev–Trinajstić information content (AvgIpc) is 2.38. The monoisotopic (exact) mass is 332 g/mol. The number of nitro groups is 1. The minimum absolute atomic E-state index is 0.0516. The van der Waals surface area contributed by atoms with Crippen molar-refractivity contribution in [1.29, 1.82) is 0 Å². The van der Waals surface area contributed by atoms with E-state index in [2.05, 4.69) is 21.2 Å². The van der Waals surface area contributed by atoms with Crippen LogP contribution < -0.4 is 5.32 Å². The second-order valence-electron chi connectivity index (χ2n) is 4.23. The first-order valence-corrected chi connectivity index (χ1v) is 6.11. The number of hydrogen-bond acceptors (Lipinski definition) is 5. The number of nitrogens with one attached hydrogen (secondary N) is 1. The molecule has 8 heteroatoms. The number of rotatable bonds is 5. The van der Waals surface area contributed by atoms with Crippen molar-refractivity contribution in [2.75, 3.05) is 13.2 Å². The van der Waals surface area contributed by atoms with E-state index >= 15 is 0 Å². The molecule has 0 radical (unpaired) electrons. The Balaban J connectivity index is 3.08. The van der Waals surface area contributed by atoms with Crippen molar-refractivity contribution < 1.29 is 19.9 Å². The lowest BCUT2D eigenvalue weighted by atomic mass is 10.0. The Morgan fingerprint density at radius 1 is 1.47 bits per heavy atom. The number of nitro benzene ring substituents is 1. The lowest BCUT2D eigenvalue weighted by Crippen LogP contribution is -2.51. The largest absolute Gasteiger partial charge is 0.394 e. The van der Waals surface area contributed by atoms with Gasteiger partial charge in [-0.15, -0.1) is 0 Å². The minimum Gasteiger partial charge on any atom is -0.394 e. The van der Waals surface area contributed by atoms with Gasteiger partial charge in [0.2, 0.25) is 0 Å². The maximum Gasteiger partial charge on any atom is 0.284 e. The Hall–Kier alpha value is -1.51. The van der Waals surface area contributed by atoms with E-state index in [1.54, 1.807) is 0 Å². The van der Waals surface area contributed by atoms with Crippen LogP contribution in [0.3, 0.4) is 0 Å². The molecule has 0 heterocycles. The van der Waals surface area contributed by atoms with Crippen LogP contribution in [0.25, 0.3) is 0 Å². The lowest BCUT2D eigenvalue weighted by Gasteiger charge is -2.26. The topological polar surface area (TPSA) is 113 Å². The fourth-order valence-electron chi connectivity index (χ4n) is 1.31. The van der Waals surface area contributed by atoms with Crippen LogP contribution in [0, 0.1) is 10.1 Å². The van der Waals surface area contributed by atoms with Gasteiger partial charge in [-0.25, -0.2) is 0 Å². The SMILES string of the molecule is CC(CO)(CO)NC(=O)c1cccc([N+](=O)[O-])c1Br. The molecule has 0 aromatic heterocycles. The fraction of sp³-hybridized carbons (Fsp3) is 0.364. The number of nitrogens with zero attached hydrogens (tertiary/aromatic N) is 1. The maximum absolute atomic E-state index is 12.0. The van der Waals surface area contributed by atoms with Crippen LogP contribution in [-0.2, 0) is 0 Å². The van der Waals surface area contributed by atoms with Crippen LogP contribution in [0.4, 0.5) is 5.69 Å². The molecule has 19 heavy (non-hydrogen) atoms. The summed E-state index contributed by atoms with van der Waals surface area (Å²) < 4.78 is 0.0516. The van der Waals surface area contributed by atoms with Crippen molar-refractivity contribution in [3.63, 3.8) is 0 Å². The Bertz CT molecular complexity index is 502. The highest BCUT2D eigenvalue weighted by Gasteiger charge is 2.27. The molecule has 7 nitrogen and oxygen atoms in total. The number of halogens is 1. The Morgan fingerprint density at radius 3 is 2.53 bits per heavy atom. The lowest BCUT2D eigenvalue weighted by molar-refractivity contribution is -0.385. The molecule has 0 atom stereocenters. The molecule has 0 unspecified atom stereocenters. The Labute approximate surface area is 117 Å². The molecule has 0 bridgehead atoms.